The molecule has 1 aromatic carbocycles. The van der Waals surface area contributed by atoms with Crippen LogP contribution in [0.25, 0.3) is 0 Å². The summed E-state index contributed by atoms with van der Waals surface area (Å²) < 4.78 is 32.5. The van der Waals surface area contributed by atoms with Gasteiger partial charge in [-0.15, -0.1) is 11.8 Å². The Labute approximate surface area is 118 Å². The van der Waals surface area contributed by atoms with Gasteiger partial charge in [-0.25, -0.2) is 13.4 Å². The van der Waals surface area contributed by atoms with Crippen LogP contribution in [-0.4, -0.2) is 23.9 Å². The van der Waals surface area contributed by atoms with E-state index in [1.807, 2.05) is 23.5 Å². The summed E-state index contributed by atoms with van der Waals surface area (Å²) >= 11 is 1.77. The van der Waals surface area contributed by atoms with Gasteiger partial charge >= 0.3 is 0 Å². The number of nitrogens with zero attached hydrogens (tertiary/aromatic N) is 1. The lowest BCUT2D eigenvalue weighted by Crippen LogP contribution is -2.63. The van der Waals surface area contributed by atoms with E-state index in [9.17, 15) is 13.0 Å². The van der Waals surface area contributed by atoms with Crippen molar-refractivity contribution in [2.75, 3.05) is 5.88 Å². The standard InChI is InChI=1S/C9H12O3S.C3H6N2S/c1-6-4-7(2)9(8(3)5-6)13(10,11)12;4-5-1-2-6-3-5/h4-5H,1-3H3,(H,10,11,12);1-2H,3-4H2. The Balaban J connectivity index is 0.000000250. The highest BCUT2D eigenvalue weighted by Gasteiger charge is 2.09. The lowest BCUT2D eigenvalue weighted by atomic mass is 10.1. The third-order valence-corrected chi connectivity index (χ3v) is 4.40. The Morgan fingerprint density at radius 2 is 1.79 bits per heavy atom. The van der Waals surface area contributed by atoms with E-state index < -0.39 is 10.1 Å². The highest BCUT2D eigenvalue weighted by molar-refractivity contribution is 8.02. The average Bonchev–Trinajstić information content (AvgIpc) is 2.65. The van der Waals surface area contributed by atoms with E-state index in [0.717, 1.165) is 11.4 Å². The second kappa shape index (κ2) is 6.42. The topological polar surface area (TPSA) is 88.1 Å². The molecule has 1 aromatic rings. The van der Waals surface area contributed by atoms with Gasteiger partial charge in [0.1, 0.15) is 16.0 Å². The first-order chi connectivity index (χ1) is 8.71. The van der Waals surface area contributed by atoms with Gasteiger partial charge < -0.3 is 4.55 Å². The van der Waals surface area contributed by atoms with Crippen molar-refractivity contribution in [3.63, 3.8) is 0 Å². The van der Waals surface area contributed by atoms with Gasteiger partial charge in [-0.2, -0.15) is 0 Å². The van der Waals surface area contributed by atoms with Gasteiger partial charge in [0.05, 0.1) is 11.1 Å². The first-order valence-electron chi connectivity index (χ1n) is 5.61. The largest absolute Gasteiger partial charge is 0.744 e. The van der Waals surface area contributed by atoms with E-state index in [2.05, 4.69) is 5.84 Å². The van der Waals surface area contributed by atoms with E-state index in [1.165, 1.54) is 0 Å². The molecule has 0 fully saturated rings. The minimum absolute atomic E-state index is 0.0851. The second-order valence-electron chi connectivity index (χ2n) is 4.35. The third kappa shape index (κ3) is 4.87. The Bertz CT molecular complexity index is 560. The fraction of sp³-hybridized carbons (Fsp3) is 0.333. The molecular weight excluding hydrogens is 284 g/mol. The summed E-state index contributed by atoms with van der Waals surface area (Å²) in [5, 5.41) is 3.93. The molecule has 7 heteroatoms. The Hall–Kier alpha value is -1.02. The van der Waals surface area contributed by atoms with Crippen LogP contribution in [0.1, 0.15) is 16.7 Å². The number of thioether (sulfide) groups is 1. The molecule has 2 rings (SSSR count). The summed E-state index contributed by atoms with van der Waals surface area (Å²) in [5.41, 5.74) is 2.00. The maximum atomic E-state index is 10.8. The van der Waals surface area contributed by atoms with Crippen LogP contribution in [0.4, 0.5) is 0 Å². The van der Waals surface area contributed by atoms with Crippen LogP contribution in [0, 0.1) is 20.8 Å². The minimum atomic E-state index is -4.33. The quantitative estimate of drug-likeness (QED) is 0.786. The van der Waals surface area contributed by atoms with Crippen molar-refractivity contribution >= 4 is 21.9 Å². The van der Waals surface area contributed by atoms with Crippen LogP contribution in [0.3, 0.4) is 0 Å². The van der Waals surface area contributed by atoms with Crippen LogP contribution in [0.5, 0.6) is 0 Å². The highest BCUT2D eigenvalue weighted by atomic mass is 32.2. The minimum Gasteiger partial charge on any atom is -0.744 e. The first-order valence-corrected chi connectivity index (χ1v) is 8.06. The molecule has 106 valence electrons. The van der Waals surface area contributed by atoms with Gasteiger partial charge in [-0.05, 0) is 37.3 Å². The van der Waals surface area contributed by atoms with Gasteiger partial charge in [0.15, 0.2) is 0 Å². The zero-order valence-corrected chi connectivity index (χ0v) is 12.8. The smallest absolute Gasteiger partial charge is 0.124 e. The maximum Gasteiger partial charge on any atom is 0.124 e. The molecule has 1 heterocycles. The molecular formula is C12H18N2O3S2. The van der Waals surface area contributed by atoms with Gasteiger partial charge in [0, 0.05) is 0 Å². The Morgan fingerprint density at radius 3 is 2.05 bits per heavy atom. The predicted octanol–water partition coefficient (Wildman–Crippen LogP) is 1.14. The molecule has 0 radical (unpaired) electrons. The molecule has 0 aliphatic carbocycles. The summed E-state index contributed by atoms with van der Waals surface area (Å²) in [5.74, 6) is 4.68. The lowest BCUT2D eigenvalue weighted by Gasteiger charge is -2.14. The molecule has 0 unspecified atom stereocenters. The molecule has 19 heavy (non-hydrogen) atoms. The van der Waals surface area contributed by atoms with Crippen LogP contribution in [0.2, 0.25) is 0 Å². The predicted molar refractivity (Wildman–Crippen MR) is 74.9 cm³/mol. The van der Waals surface area contributed by atoms with Crippen LogP contribution < -0.4 is 5.84 Å². The van der Waals surface area contributed by atoms with Crippen molar-refractivity contribution in [3.8, 4) is 0 Å². The molecule has 0 bridgehead atoms. The molecule has 1 aliphatic rings. The monoisotopic (exact) mass is 302 g/mol. The Morgan fingerprint density at radius 1 is 1.26 bits per heavy atom. The van der Waals surface area contributed by atoms with Gasteiger partial charge in [0.25, 0.3) is 0 Å². The van der Waals surface area contributed by atoms with Gasteiger partial charge in [-0.3, -0.25) is 5.84 Å². The molecule has 0 saturated carbocycles. The van der Waals surface area contributed by atoms with Crippen molar-refractivity contribution in [1.82, 2.24) is 5.01 Å². The summed E-state index contributed by atoms with van der Waals surface area (Å²) in [4.78, 5) is -0.0851. The number of hydrogen-bond donors (Lipinski definition) is 1. The third-order valence-electron chi connectivity index (χ3n) is 2.46. The van der Waals surface area contributed by atoms with Gasteiger partial charge in [0.2, 0.25) is 0 Å². The number of quaternary nitrogens is 1. The van der Waals surface area contributed by atoms with E-state index in [0.29, 0.717) is 11.1 Å². The van der Waals surface area contributed by atoms with Crippen molar-refractivity contribution in [3.05, 3.63) is 40.4 Å². The molecule has 0 aromatic heterocycles. The van der Waals surface area contributed by atoms with Crippen LogP contribution in [-0.2, 0) is 10.1 Å². The van der Waals surface area contributed by atoms with Crippen LogP contribution >= 0.6 is 11.8 Å². The fourth-order valence-corrected chi connectivity index (χ4v) is 3.40. The normalized spacial score (nSPS) is 14.3. The van der Waals surface area contributed by atoms with E-state index in [1.54, 1.807) is 37.7 Å². The summed E-state index contributed by atoms with van der Waals surface area (Å²) in [6, 6.07) is 3.38. The molecule has 0 spiro atoms. The molecule has 0 atom stereocenters. The molecule has 3 N–H and O–H groups in total. The van der Waals surface area contributed by atoms with Crippen molar-refractivity contribution in [2.45, 2.75) is 25.7 Å². The SMILES string of the molecule is Cc1cc(C)c(S(=O)(=O)[O-])c(C)c1.[NH3+]N1C=CSC1. The first kappa shape index (κ1) is 16.0. The Kier molecular flexibility index (Phi) is 5.42. The van der Waals surface area contributed by atoms with E-state index in [4.69, 9.17) is 0 Å². The summed E-state index contributed by atoms with van der Waals surface area (Å²) in [7, 11) is -4.33. The fourth-order valence-electron chi connectivity index (χ4n) is 1.87. The highest BCUT2D eigenvalue weighted by Crippen LogP contribution is 2.20. The zero-order valence-electron chi connectivity index (χ0n) is 11.2. The molecule has 1 aliphatic heterocycles. The van der Waals surface area contributed by atoms with Crippen molar-refractivity contribution in [1.29, 1.82) is 0 Å². The average molecular weight is 302 g/mol. The second-order valence-corrected chi connectivity index (χ2v) is 6.53. The molecule has 0 saturated heterocycles. The summed E-state index contributed by atoms with van der Waals surface area (Å²) in [6.07, 6.45) is 1.96. The zero-order chi connectivity index (χ0) is 14.6. The van der Waals surface area contributed by atoms with Crippen LogP contribution in [0.15, 0.2) is 28.6 Å². The maximum absolute atomic E-state index is 10.8. The number of hydrogen-bond acceptors (Lipinski definition) is 5. The number of benzene rings is 1. The van der Waals surface area contributed by atoms with Crippen molar-refractivity contribution < 1.29 is 18.8 Å². The number of aryl methyl sites for hydroxylation is 3. The number of rotatable bonds is 1. The van der Waals surface area contributed by atoms with Gasteiger partial charge in [-0.1, -0.05) is 17.7 Å². The van der Waals surface area contributed by atoms with E-state index >= 15 is 0 Å². The molecule has 5 nitrogen and oxygen atoms in total. The van der Waals surface area contributed by atoms with Crippen molar-refractivity contribution in [2.24, 2.45) is 0 Å². The summed E-state index contributed by atoms with van der Waals surface area (Å²) in [6.45, 7) is 5.12. The van der Waals surface area contributed by atoms with E-state index in [-0.39, 0.29) is 4.90 Å². The molecule has 0 amide bonds. The lowest BCUT2D eigenvalue weighted by molar-refractivity contribution is -0.548.